The molecule has 0 saturated carbocycles. The van der Waals surface area contributed by atoms with Crippen LogP contribution in [0.2, 0.25) is 0 Å². The van der Waals surface area contributed by atoms with E-state index in [1.807, 2.05) is 12.1 Å². The van der Waals surface area contributed by atoms with Crippen LogP contribution in [0.3, 0.4) is 0 Å². The number of halogens is 1. The Labute approximate surface area is 78.6 Å². The molecule has 11 heavy (non-hydrogen) atoms. The summed E-state index contributed by atoms with van der Waals surface area (Å²) in [5.41, 5.74) is 1.40. The topological polar surface area (TPSA) is 44.0 Å². The van der Waals surface area contributed by atoms with Crippen LogP contribution in [0.4, 0.5) is 0 Å². The van der Waals surface area contributed by atoms with Crippen LogP contribution < -0.4 is 0 Å². The molecule has 0 saturated heterocycles. The number of benzene rings is 1. The zero-order valence-corrected chi connectivity index (χ0v) is 7.87. The molecule has 0 unspecified atom stereocenters. The lowest BCUT2D eigenvalue weighted by Gasteiger charge is -1.97. The van der Waals surface area contributed by atoms with Gasteiger partial charge in [0.05, 0.1) is 12.2 Å². The molecule has 0 radical (unpaired) electrons. The molecule has 0 spiro atoms. The molecule has 0 amide bonds. The maximum Gasteiger partial charge on any atom is 0.100 e. The van der Waals surface area contributed by atoms with Gasteiger partial charge in [-0.2, -0.15) is 5.26 Å². The second-order valence-corrected chi connectivity index (χ2v) is 3.25. The van der Waals surface area contributed by atoms with Crippen LogP contribution in [0, 0.1) is 14.9 Å². The summed E-state index contributed by atoms with van der Waals surface area (Å²) in [6, 6.07) is 7.38. The average molecular weight is 259 g/mol. The molecule has 0 bridgehead atoms. The summed E-state index contributed by atoms with van der Waals surface area (Å²) in [7, 11) is 0. The zero-order chi connectivity index (χ0) is 8.27. The summed E-state index contributed by atoms with van der Waals surface area (Å²) >= 11 is 2.09. The molecule has 1 aromatic carbocycles. The summed E-state index contributed by atoms with van der Waals surface area (Å²) in [4.78, 5) is 0. The fourth-order valence-electron chi connectivity index (χ4n) is 0.756. The van der Waals surface area contributed by atoms with E-state index in [-0.39, 0.29) is 6.61 Å². The number of hydrogen-bond acceptors (Lipinski definition) is 2. The van der Waals surface area contributed by atoms with E-state index in [9.17, 15) is 0 Å². The van der Waals surface area contributed by atoms with Crippen LogP contribution in [0.15, 0.2) is 18.2 Å². The van der Waals surface area contributed by atoms with Gasteiger partial charge < -0.3 is 5.11 Å². The minimum Gasteiger partial charge on any atom is -0.392 e. The highest BCUT2D eigenvalue weighted by Gasteiger charge is 1.98. The Morgan fingerprint density at radius 3 is 2.82 bits per heavy atom. The third-order valence-electron chi connectivity index (χ3n) is 1.33. The maximum atomic E-state index is 8.74. The second-order valence-electron chi connectivity index (χ2n) is 2.08. The monoisotopic (exact) mass is 259 g/mol. The third-order valence-corrected chi connectivity index (χ3v) is 2.27. The minimum atomic E-state index is -0.00833. The molecule has 0 aliphatic rings. The van der Waals surface area contributed by atoms with Crippen LogP contribution in [-0.4, -0.2) is 5.11 Å². The summed E-state index contributed by atoms with van der Waals surface area (Å²) in [5, 5.41) is 17.3. The fourth-order valence-corrected chi connectivity index (χ4v) is 1.21. The van der Waals surface area contributed by atoms with Crippen LogP contribution in [0.5, 0.6) is 0 Å². The molecule has 2 nitrogen and oxygen atoms in total. The second kappa shape index (κ2) is 3.69. The predicted molar refractivity (Wildman–Crippen MR) is 49.8 cm³/mol. The van der Waals surface area contributed by atoms with E-state index in [2.05, 4.69) is 28.7 Å². The van der Waals surface area contributed by atoms with Crippen LogP contribution in [0.25, 0.3) is 0 Å². The Balaban J connectivity index is 3.15. The number of rotatable bonds is 1. The Kier molecular flexibility index (Phi) is 2.85. The highest BCUT2D eigenvalue weighted by atomic mass is 127. The van der Waals surface area contributed by atoms with Crippen LogP contribution in [0.1, 0.15) is 11.1 Å². The van der Waals surface area contributed by atoms with E-state index in [1.165, 1.54) is 0 Å². The van der Waals surface area contributed by atoms with Gasteiger partial charge in [0.25, 0.3) is 0 Å². The van der Waals surface area contributed by atoms with Gasteiger partial charge in [-0.25, -0.2) is 0 Å². The van der Waals surface area contributed by atoms with Crippen molar-refractivity contribution in [3.05, 3.63) is 32.9 Å². The SMILES string of the molecule is N#Cc1cc(CO)ccc1I. The van der Waals surface area contributed by atoms with E-state index < -0.39 is 0 Å². The molecule has 0 aromatic heterocycles. The molecule has 0 aliphatic heterocycles. The first kappa shape index (κ1) is 8.50. The van der Waals surface area contributed by atoms with Gasteiger partial charge in [-0.3, -0.25) is 0 Å². The first-order valence-corrected chi connectivity index (χ1v) is 4.15. The molecule has 0 heterocycles. The zero-order valence-electron chi connectivity index (χ0n) is 5.71. The van der Waals surface area contributed by atoms with Gasteiger partial charge in [-0.15, -0.1) is 0 Å². The molecule has 1 rings (SSSR count). The molecule has 0 aliphatic carbocycles. The van der Waals surface area contributed by atoms with Crippen LogP contribution >= 0.6 is 22.6 Å². The normalized spacial score (nSPS) is 9.18. The highest BCUT2D eigenvalue weighted by Crippen LogP contribution is 2.13. The minimum absolute atomic E-state index is 0.00833. The molecular formula is C8H6INO. The third kappa shape index (κ3) is 1.91. The van der Waals surface area contributed by atoms with Crippen molar-refractivity contribution in [1.29, 1.82) is 5.26 Å². The van der Waals surface area contributed by atoms with E-state index in [1.54, 1.807) is 6.07 Å². The Morgan fingerprint density at radius 1 is 1.55 bits per heavy atom. The van der Waals surface area contributed by atoms with Crippen molar-refractivity contribution in [3.63, 3.8) is 0 Å². The number of nitriles is 1. The van der Waals surface area contributed by atoms with Gasteiger partial charge in [-0.1, -0.05) is 6.07 Å². The standard InChI is InChI=1S/C8H6INO/c9-8-2-1-6(5-11)3-7(8)4-10/h1-3,11H,5H2. The first-order chi connectivity index (χ1) is 5.27. The molecule has 1 N–H and O–H groups in total. The van der Waals surface area contributed by atoms with Crippen molar-refractivity contribution in [1.82, 2.24) is 0 Å². The lowest BCUT2D eigenvalue weighted by molar-refractivity contribution is 0.282. The summed E-state index contributed by atoms with van der Waals surface area (Å²) in [6.07, 6.45) is 0. The molecule has 0 atom stereocenters. The number of nitrogens with zero attached hydrogens (tertiary/aromatic N) is 1. The van der Waals surface area contributed by atoms with Gasteiger partial charge in [-0.05, 0) is 40.3 Å². The molecule has 1 aromatic rings. The highest BCUT2D eigenvalue weighted by molar-refractivity contribution is 14.1. The quantitative estimate of drug-likeness (QED) is 0.779. The van der Waals surface area contributed by atoms with Crippen molar-refractivity contribution >= 4 is 22.6 Å². The first-order valence-electron chi connectivity index (χ1n) is 3.07. The van der Waals surface area contributed by atoms with E-state index in [0.717, 1.165) is 9.13 Å². The van der Waals surface area contributed by atoms with Crippen LogP contribution in [-0.2, 0) is 6.61 Å². The van der Waals surface area contributed by atoms with Gasteiger partial charge in [0, 0.05) is 3.57 Å². The largest absolute Gasteiger partial charge is 0.392 e. The molecule has 0 fully saturated rings. The maximum absolute atomic E-state index is 8.74. The van der Waals surface area contributed by atoms with Crippen molar-refractivity contribution < 1.29 is 5.11 Å². The van der Waals surface area contributed by atoms with E-state index in [0.29, 0.717) is 5.56 Å². The summed E-state index contributed by atoms with van der Waals surface area (Å²) in [6.45, 7) is -0.00833. The van der Waals surface area contributed by atoms with Gasteiger partial charge >= 0.3 is 0 Å². The summed E-state index contributed by atoms with van der Waals surface area (Å²) in [5.74, 6) is 0. The van der Waals surface area contributed by atoms with E-state index >= 15 is 0 Å². The summed E-state index contributed by atoms with van der Waals surface area (Å²) < 4.78 is 0.919. The number of aliphatic hydroxyl groups is 1. The Hall–Kier alpha value is -0.600. The number of aliphatic hydroxyl groups excluding tert-OH is 1. The van der Waals surface area contributed by atoms with Crippen molar-refractivity contribution in [2.45, 2.75) is 6.61 Å². The lowest BCUT2D eigenvalue weighted by Crippen LogP contribution is -1.87. The van der Waals surface area contributed by atoms with Crippen molar-refractivity contribution in [2.75, 3.05) is 0 Å². The van der Waals surface area contributed by atoms with Gasteiger partial charge in [0.15, 0.2) is 0 Å². The predicted octanol–water partition coefficient (Wildman–Crippen LogP) is 1.66. The lowest BCUT2D eigenvalue weighted by atomic mass is 10.1. The number of hydrogen-bond donors (Lipinski definition) is 1. The van der Waals surface area contributed by atoms with Gasteiger partial charge in [0.1, 0.15) is 6.07 Å². The van der Waals surface area contributed by atoms with Crippen molar-refractivity contribution in [2.24, 2.45) is 0 Å². The molecule has 3 heteroatoms. The fraction of sp³-hybridized carbons (Fsp3) is 0.125. The van der Waals surface area contributed by atoms with Gasteiger partial charge in [0.2, 0.25) is 0 Å². The Morgan fingerprint density at radius 2 is 2.27 bits per heavy atom. The molecular weight excluding hydrogens is 253 g/mol. The van der Waals surface area contributed by atoms with E-state index in [4.69, 9.17) is 10.4 Å². The average Bonchev–Trinajstić information content (AvgIpc) is 2.05. The van der Waals surface area contributed by atoms with Crippen molar-refractivity contribution in [3.8, 4) is 6.07 Å². The molecule has 56 valence electrons. The Bertz CT molecular complexity index is 303. The smallest absolute Gasteiger partial charge is 0.100 e.